The number of nitrogens with zero attached hydrogens (tertiary/aromatic N) is 1. The fraction of sp³-hybridized carbons (Fsp3) is 1.00. The van der Waals surface area contributed by atoms with Crippen LogP contribution in [0.15, 0.2) is 0 Å². The Morgan fingerprint density at radius 2 is 1.88 bits per heavy atom. The Hall–Kier alpha value is -0.160. The Morgan fingerprint density at radius 3 is 2.35 bits per heavy atom. The molecule has 17 heavy (non-hydrogen) atoms. The summed E-state index contributed by atoms with van der Waals surface area (Å²) in [6.07, 6.45) is 1.20. The zero-order valence-electron chi connectivity index (χ0n) is 12.4. The van der Waals surface area contributed by atoms with Crippen molar-refractivity contribution < 1.29 is 9.47 Å². The van der Waals surface area contributed by atoms with E-state index in [-0.39, 0.29) is 11.6 Å². The lowest BCUT2D eigenvalue weighted by molar-refractivity contribution is -0.00598. The molecule has 0 aromatic carbocycles. The molecular formula is C13H30N2O2. The van der Waals surface area contributed by atoms with Crippen molar-refractivity contribution in [2.24, 2.45) is 0 Å². The van der Waals surface area contributed by atoms with E-state index in [2.05, 4.69) is 45.1 Å². The lowest BCUT2D eigenvalue weighted by atomic mass is 10.1. The minimum Gasteiger partial charge on any atom is -0.382 e. The van der Waals surface area contributed by atoms with E-state index in [4.69, 9.17) is 9.47 Å². The zero-order chi connectivity index (χ0) is 13.3. The summed E-state index contributed by atoms with van der Waals surface area (Å²) in [4.78, 5) is 2.17. The Bertz CT molecular complexity index is 179. The SMILES string of the molecule is COCC(CNC(C)(C)C)OCCCN(C)C. The summed E-state index contributed by atoms with van der Waals surface area (Å²) in [5.41, 5.74) is 0.124. The van der Waals surface area contributed by atoms with Crippen molar-refractivity contribution in [2.75, 3.05) is 47.5 Å². The van der Waals surface area contributed by atoms with Gasteiger partial charge in [-0.1, -0.05) is 0 Å². The van der Waals surface area contributed by atoms with E-state index in [0.717, 1.165) is 26.1 Å². The summed E-state index contributed by atoms with van der Waals surface area (Å²) in [6.45, 7) is 9.80. The van der Waals surface area contributed by atoms with Crippen LogP contribution in [-0.2, 0) is 9.47 Å². The van der Waals surface area contributed by atoms with Crippen LogP contribution in [0, 0.1) is 0 Å². The first-order chi connectivity index (χ1) is 7.85. The standard InChI is InChI=1S/C13H30N2O2/c1-13(2,3)14-10-12(11-16-6)17-9-7-8-15(4)5/h12,14H,7-11H2,1-6H3. The Labute approximate surface area is 107 Å². The van der Waals surface area contributed by atoms with Crippen molar-refractivity contribution in [2.45, 2.75) is 38.8 Å². The molecule has 1 atom stereocenters. The van der Waals surface area contributed by atoms with Crippen LogP contribution in [0.5, 0.6) is 0 Å². The molecule has 1 unspecified atom stereocenters. The van der Waals surface area contributed by atoms with E-state index in [1.807, 2.05) is 0 Å². The highest BCUT2D eigenvalue weighted by Gasteiger charge is 2.14. The van der Waals surface area contributed by atoms with Crippen molar-refractivity contribution in [1.29, 1.82) is 0 Å². The van der Waals surface area contributed by atoms with E-state index >= 15 is 0 Å². The molecule has 0 aliphatic rings. The minimum atomic E-state index is 0.124. The lowest BCUT2D eigenvalue weighted by Crippen LogP contribution is -2.43. The van der Waals surface area contributed by atoms with Gasteiger partial charge in [0.05, 0.1) is 12.7 Å². The number of rotatable bonds is 9. The number of hydrogen-bond acceptors (Lipinski definition) is 4. The van der Waals surface area contributed by atoms with Gasteiger partial charge in [-0.25, -0.2) is 0 Å². The molecule has 0 saturated carbocycles. The van der Waals surface area contributed by atoms with Gasteiger partial charge < -0.3 is 19.7 Å². The van der Waals surface area contributed by atoms with Crippen molar-refractivity contribution in [1.82, 2.24) is 10.2 Å². The molecule has 0 bridgehead atoms. The number of ether oxygens (including phenoxy) is 2. The highest BCUT2D eigenvalue weighted by Crippen LogP contribution is 2.01. The maximum Gasteiger partial charge on any atom is 0.0932 e. The van der Waals surface area contributed by atoms with Crippen LogP contribution in [0.2, 0.25) is 0 Å². The molecule has 0 saturated heterocycles. The molecule has 4 nitrogen and oxygen atoms in total. The van der Waals surface area contributed by atoms with Crippen molar-refractivity contribution in [3.63, 3.8) is 0 Å². The third-order valence-corrected chi connectivity index (χ3v) is 2.32. The Balaban J connectivity index is 3.74. The predicted octanol–water partition coefficient (Wildman–Crippen LogP) is 1.36. The molecule has 0 amide bonds. The minimum absolute atomic E-state index is 0.124. The van der Waals surface area contributed by atoms with Crippen molar-refractivity contribution >= 4 is 0 Å². The molecule has 0 fully saturated rings. The Morgan fingerprint density at radius 1 is 1.24 bits per heavy atom. The van der Waals surface area contributed by atoms with Gasteiger partial charge in [0, 0.05) is 25.8 Å². The quantitative estimate of drug-likeness (QED) is 0.623. The van der Waals surface area contributed by atoms with Crippen LogP contribution < -0.4 is 5.32 Å². The fourth-order valence-electron chi connectivity index (χ4n) is 1.40. The third-order valence-electron chi connectivity index (χ3n) is 2.32. The van der Waals surface area contributed by atoms with Crippen LogP contribution >= 0.6 is 0 Å². The van der Waals surface area contributed by atoms with Crippen LogP contribution in [0.3, 0.4) is 0 Å². The molecule has 0 aromatic rings. The van der Waals surface area contributed by atoms with Gasteiger partial charge in [-0.3, -0.25) is 0 Å². The van der Waals surface area contributed by atoms with Gasteiger partial charge in [-0.2, -0.15) is 0 Å². The summed E-state index contributed by atoms with van der Waals surface area (Å²) in [7, 11) is 5.87. The molecule has 0 heterocycles. The molecule has 0 radical (unpaired) electrons. The van der Waals surface area contributed by atoms with Gasteiger partial charge in [-0.15, -0.1) is 0 Å². The van der Waals surface area contributed by atoms with Gasteiger partial charge in [-0.05, 0) is 47.8 Å². The molecule has 0 aliphatic heterocycles. The molecule has 104 valence electrons. The maximum absolute atomic E-state index is 5.81. The fourth-order valence-corrected chi connectivity index (χ4v) is 1.40. The second-order valence-corrected chi connectivity index (χ2v) is 5.74. The maximum atomic E-state index is 5.81. The van der Waals surface area contributed by atoms with Crippen LogP contribution in [-0.4, -0.2) is 64.1 Å². The molecule has 0 rings (SSSR count). The van der Waals surface area contributed by atoms with Crippen molar-refractivity contribution in [3.05, 3.63) is 0 Å². The van der Waals surface area contributed by atoms with Crippen LogP contribution in [0.1, 0.15) is 27.2 Å². The lowest BCUT2D eigenvalue weighted by Gasteiger charge is -2.25. The first-order valence-electron chi connectivity index (χ1n) is 6.35. The van der Waals surface area contributed by atoms with E-state index in [0.29, 0.717) is 6.61 Å². The van der Waals surface area contributed by atoms with Gasteiger partial charge in [0.15, 0.2) is 0 Å². The smallest absolute Gasteiger partial charge is 0.0932 e. The molecular weight excluding hydrogens is 216 g/mol. The highest BCUT2D eigenvalue weighted by molar-refractivity contribution is 4.73. The van der Waals surface area contributed by atoms with Gasteiger partial charge in [0.25, 0.3) is 0 Å². The summed E-state index contributed by atoms with van der Waals surface area (Å²) in [5.74, 6) is 0. The third kappa shape index (κ3) is 12.1. The Kier molecular flexibility index (Phi) is 8.78. The van der Waals surface area contributed by atoms with E-state index in [9.17, 15) is 0 Å². The molecule has 1 N–H and O–H groups in total. The van der Waals surface area contributed by atoms with Gasteiger partial charge in [0.1, 0.15) is 0 Å². The largest absolute Gasteiger partial charge is 0.382 e. The van der Waals surface area contributed by atoms with Gasteiger partial charge >= 0.3 is 0 Å². The zero-order valence-corrected chi connectivity index (χ0v) is 12.4. The monoisotopic (exact) mass is 246 g/mol. The molecule has 4 heteroatoms. The summed E-state index contributed by atoms with van der Waals surface area (Å²) in [6, 6.07) is 0. The highest BCUT2D eigenvalue weighted by atomic mass is 16.5. The summed E-state index contributed by atoms with van der Waals surface area (Å²) < 4.78 is 11.0. The first kappa shape index (κ1) is 16.8. The second-order valence-electron chi connectivity index (χ2n) is 5.74. The normalized spacial score (nSPS) is 14.3. The summed E-state index contributed by atoms with van der Waals surface area (Å²) >= 11 is 0. The van der Waals surface area contributed by atoms with E-state index < -0.39 is 0 Å². The number of hydrogen-bond donors (Lipinski definition) is 1. The second kappa shape index (κ2) is 8.86. The first-order valence-corrected chi connectivity index (χ1v) is 6.35. The molecule has 0 spiro atoms. The average molecular weight is 246 g/mol. The molecule has 0 aromatic heterocycles. The van der Waals surface area contributed by atoms with Crippen molar-refractivity contribution in [3.8, 4) is 0 Å². The topological polar surface area (TPSA) is 33.7 Å². The molecule has 0 aliphatic carbocycles. The number of methoxy groups -OCH3 is 1. The van der Waals surface area contributed by atoms with E-state index in [1.165, 1.54) is 0 Å². The number of nitrogens with one attached hydrogen (secondary N) is 1. The van der Waals surface area contributed by atoms with Gasteiger partial charge in [0.2, 0.25) is 0 Å². The average Bonchev–Trinajstić information content (AvgIpc) is 2.19. The summed E-state index contributed by atoms with van der Waals surface area (Å²) in [5, 5.41) is 3.44. The van der Waals surface area contributed by atoms with E-state index in [1.54, 1.807) is 7.11 Å². The predicted molar refractivity (Wildman–Crippen MR) is 72.5 cm³/mol. The van der Waals surface area contributed by atoms with Crippen LogP contribution in [0.4, 0.5) is 0 Å². The van der Waals surface area contributed by atoms with Crippen LogP contribution in [0.25, 0.3) is 0 Å².